The van der Waals surface area contributed by atoms with Crippen LogP contribution in [-0.2, 0) is 9.47 Å². The van der Waals surface area contributed by atoms with Crippen LogP contribution in [0.15, 0.2) is 0 Å². The van der Waals surface area contributed by atoms with Crippen LogP contribution in [0.4, 0.5) is 0 Å². The molecule has 11 heavy (non-hydrogen) atoms. The molecule has 3 nitrogen and oxygen atoms in total. The van der Waals surface area contributed by atoms with Gasteiger partial charge in [-0.25, -0.2) is 0 Å². The summed E-state index contributed by atoms with van der Waals surface area (Å²) in [6.07, 6.45) is 2.53. The molecule has 3 heteroatoms. The topological polar surface area (TPSA) is 30.5 Å². The summed E-state index contributed by atoms with van der Waals surface area (Å²) in [5, 5.41) is 3.08. The lowest BCUT2D eigenvalue weighted by Gasteiger charge is -2.08. The van der Waals surface area contributed by atoms with Gasteiger partial charge in [-0.2, -0.15) is 0 Å². The molecule has 0 aromatic carbocycles. The maximum atomic E-state index is 5.54. The summed E-state index contributed by atoms with van der Waals surface area (Å²) in [5.74, 6) is 0. The standard InChI is InChI=1S/C8H17NO2/c1-9-4-2-5-11-8-3-6-10-7-8/h8-9H,2-7H2,1H3. The summed E-state index contributed by atoms with van der Waals surface area (Å²) in [5.41, 5.74) is 0. The highest BCUT2D eigenvalue weighted by Gasteiger charge is 2.14. The lowest BCUT2D eigenvalue weighted by molar-refractivity contribution is 0.0418. The molecule has 0 amide bonds. The first-order valence-corrected chi connectivity index (χ1v) is 4.27. The molecule has 1 saturated heterocycles. The first-order valence-electron chi connectivity index (χ1n) is 4.27. The average molecular weight is 159 g/mol. The molecule has 0 spiro atoms. The van der Waals surface area contributed by atoms with Crippen LogP contribution in [0.3, 0.4) is 0 Å². The van der Waals surface area contributed by atoms with Crippen molar-refractivity contribution in [2.45, 2.75) is 18.9 Å². The summed E-state index contributed by atoms with van der Waals surface area (Å²) in [4.78, 5) is 0. The molecule has 0 bridgehead atoms. The average Bonchev–Trinajstić information content (AvgIpc) is 2.50. The van der Waals surface area contributed by atoms with E-state index in [2.05, 4.69) is 5.32 Å². The molecule has 0 aliphatic carbocycles. The molecule has 1 fully saturated rings. The fourth-order valence-electron chi connectivity index (χ4n) is 1.14. The maximum absolute atomic E-state index is 5.54. The minimum Gasteiger partial charge on any atom is -0.379 e. The Balaban J connectivity index is 1.86. The SMILES string of the molecule is CNCCCOC1CCOC1. The molecule has 1 unspecified atom stereocenters. The lowest BCUT2D eigenvalue weighted by Crippen LogP contribution is -2.16. The van der Waals surface area contributed by atoms with E-state index in [1.54, 1.807) is 0 Å². The number of nitrogens with one attached hydrogen (secondary N) is 1. The Morgan fingerprint density at radius 1 is 1.64 bits per heavy atom. The monoisotopic (exact) mass is 159 g/mol. The van der Waals surface area contributed by atoms with Crippen LogP contribution >= 0.6 is 0 Å². The fourth-order valence-corrected chi connectivity index (χ4v) is 1.14. The minimum absolute atomic E-state index is 0.367. The molecule has 1 heterocycles. The van der Waals surface area contributed by atoms with Crippen molar-refractivity contribution in [2.75, 3.05) is 33.4 Å². The molecule has 0 aromatic rings. The molecule has 1 rings (SSSR count). The van der Waals surface area contributed by atoms with Crippen molar-refractivity contribution in [1.82, 2.24) is 5.32 Å². The van der Waals surface area contributed by atoms with Crippen molar-refractivity contribution < 1.29 is 9.47 Å². The first-order chi connectivity index (χ1) is 5.43. The third kappa shape index (κ3) is 3.70. The van der Waals surface area contributed by atoms with Gasteiger partial charge in [0.2, 0.25) is 0 Å². The summed E-state index contributed by atoms with van der Waals surface area (Å²) < 4.78 is 10.7. The molecule has 1 N–H and O–H groups in total. The lowest BCUT2D eigenvalue weighted by atomic mass is 10.3. The van der Waals surface area contributed by atoms with E-state index < -0.39 is 0 Å². The van der Waals surface area contributed by atoms with E-state index in [-0.39, 0.29) is 0 Å². The summed E-state index contributed by atoms with van der Waals surface area (Å²) in [7, 11) is 1.96. The van der Waals surface area contributed by atoms with Crippen molar-refractivity contribution in [1.29, 1.82) is 0 Å². The van der Waals surface area contributed by atoms with Crippen molar-refractivity contribution >= 4 is 0 Å². The van der Waals surface area contributed by atoms with Crippen LogP contribution in [-0.4, -0.2) is 39.5 Å². The van der Waals surface area contributed by atoms with Gasteiger partial charge in [-0.1, -0.05) is 0 Å². The van der Waals surface area contributed by atoms with Gasteiger partial charge in [-0.3, -0.25) is 0 Å². The predicted octanol–water partition coefficient (Wildman–Crippen LogP) is 0.401. The molecule has 1 atom stereocenters. The zero-order valence-corrected chi connectivity index (χ0v) is 7.14. The highest BCUT2D eigenvalue weighted by atomic mass is 16.5. The Morgan fingerprint density at radius 2 is 2.55 bits per heavy atom. The zero-order valence-electron chi connectivity index (χ0n) is 7.14. The second kappa shape index (κ2) is 5.52. The zero-order chi connectivity index (χ0) is 7.94. The Labute approximate surface area is 68.1 Å². The maximum Gasteiger partial charge on any atom is 0.0830 e. The first kappa shape index (κ1) is 8.97. The number of hydrogen-bond donors (Lipinski definition) is 1. The van der Waals surface area contributed by atoms with Gasteiger partial charge >= 0.3 is 0 Å². The van der Waals surface area contributed by atoms with Gasteiger partial charge in [0.15, 0.2) is 0 Å². The number of hydrogen-bond acceptors (Lipinski definition) is 3. The van der Waals surface area contributed by atoms with E-state index in [9.17, 15) is 0 Å². The number of rotatable bonds is 5. The molecule has 1 aliphatic rings. The van der Waals surface area contributed by atoms with Crippen LogP contribution < -0.4 is 5.32 Å². The quantitative estimate of drug-likeness (QED) is 0.589. The van der Waals surface area contributed by atoms with Crippen LogP contribution in [0.25, 0.3) is 0 Å². The summed E-state index contributed by atoms with van der Waals surface area (Å²) in [6.45, 7) is 3.55. The van der Waals surface area contributed by atoms with Crippen LogP contribution in [0.5, 0.6) is 0 Å². The van der Waals surface area contributed by atoms with E-state index >= 15 is 0 Å². The molecule has 0 radical (unpaired) electrons. The van der Waals surface area contributed by atoms with Gasteiger partial charge in [-0.15, -0.1) is 0 Å². The smallest absolute Gasteiger partial charge is 0.0830 e. The van der Waals surface area contributed by atoms with Crippen molar-refractivity contribution in [3.63, 3.8) is 0 Å². The van der Waals surface area contributed by atoms with Crippen LogP contribution in [0, 0.1) is 0 Å². The van der Waals surface area contributed by atoms with Gasteiger partial charge in [0.25, 0.3) is 0 Å². The fraction of sp³-hybridized carbons (Fsp3) is 1.00. The molecule has 1 aliphatic heterocycles. The summed E-state index contributed by atoms with van der Waals surface area (Å²) >= 11 is 0. The Morgan fingerprint density at radius 3 is 3.18 bits per heavy atom. The van der Waals surface area contributed by atoms with E-state index in [1.807, 2.05) is 7.05 Å². The van der Waals surface area contributed by atoms with Crippen LogP contribution in [0.2, 0.25) is 0 Å². The molecule has 0 saturated carbocycles. The third-order valence-corrected chi connectivity index (χ3v) is 1.81. The van der Waals surface area contributed by atoms with Crippen molar-refractivity contribution in [3.05, 3.63) is 0 Å². The second-order valence-corrected chi connectivity index (χ2v) is 2.81. The predicted molar refractivity (Wildman–Crippen MR) is 43.7 cm³/mol. The molecule has 66 valence electrons. The minimum atomic E-state index is 0.367. The molecule has 0 aromatic heterocycles. The van der Waals surface area contributed by atoms with Gasteiger partial charge in [0.05, 0.1) is 12.7 Å². The highest BCUT2D eigenvalue weighted by molar-refractivity contribution is 4.62. The highest BCUT2D eigenvalue weighted by Crippen LogP contribution is 2.07. The normalized spacial score (nSPS) is 24.3. The Bertz CT molecular complexity index is 92.1. The Kier molecular flexibility index (Phi) is 4.50. The molecular weight excluding hydrogens is 142 g/mol. The van der Waals surface area contributed by atoms with Crippen LogP contribution in [0.1, 0.15) is 12.8 Å². The largest absolute Gasteiger partial charge is 0.379 e. The van der Waals surface area contributed by atoms with Gasteiger partial charge in [-0.05, 0) is 26.4 Å². The van der Waals surface area contributed by atoms with Crippen molar-refractivity contribution in [2.24, 2.45) is 0 Å². The van der Waals surface area contributed by atoms with Crippen molar-refractivity contribution in [3.8, 4) is 0 Å². The van der Waals surface area contributed by atoms with E-state index in [0.717, 1.165) is 39.2 Å². The summed E-state index contributed by atoms with van der Waals surface area (Å²) in [6, 6.07) is 0. The van der Waals surface area contributed by atoms with E-state index in [0.29, 0.717) is 6.10 Å². The Hall–Kier alpha value is -0.120. The third-order valence-electron chi connectivity index (χ3n) is 1.81. The van der Waals surface area contributed by atoms with E-state index in [4.69, 9.17) is 9.47 Å². The van der Waals surface area contributed by atoms with Gasteiger partial charge in [0.1, 0.15) is 0 Å². The second-order valence-electron chi connectivity index (χ2n) is 2.81. The molecular formula is C8H17NO2. The van der Waals surface area contributed by atoms with Gasteiger partial charge < -0.3 is 14.8 Å². The van der Waals surface area contributed by atoms with Gasteiger partial charge in [0, 0.05) is 13.2 Å². The van der Waals surface area contributed by atoms with E-state index in [1.165, 1.54) is 0 Å². The number of ether oxygens (including phenoxy) is 2.